The largest absolute Gasteiger partial charge is 0.378 e. The molecular weight excluding hydrogens is 288 g/mol. The van der Waals surface area contributed by atoms with Crippen LogP contribution in [0.2, 0.25) is 0 Å². The number of aromatic nitrogens is 1. The first-order valence-electron chi connectivity index (χ1n) is 7.68. The Balaban J connectivity index is 1.65. The van der Waals surface area contributed by atoms with Gasteiger partial charge in [-0.1, -0.05) is 48.5 Å². The van der Waals surface area contributed by atoms with Gasteiger partial charge in [0.1, 0.15) is 0 Å². The number of rotatable bonds is 5. The standard InChI is InChI=1S/C19H20N2O2/c1-20(19(23)18(22)16-8-3-2-4-9-16)13-14-21-12-11-15-7-5-6-10-17(15)21/h2-12,18,22H,13-14H2,1H3/t18-/m0/s1. The maximum atomic E-state index is 12.3. The molecule has 0 radical (unpaired) electrons. The molecule has 0 bridgehead atoms. The number of fused-ring (bicyclic) bond motifs is 1. The van der Waals surface area contributed by atoms with Gasteiger partial charge in [-0.2, -0.15) is 0 Å². The highest BCUT2D eigenvalue weighted by molar-refractivity contribution is 5.82. The van der Waals surface area contributed by atoms with Gasteiger partial charge in [-0.05, 0) is 23.1 Å². The third-order valence-corrected chi connectivity index (χ3v) is 4.08. The third-order valence-electron chi connectivity index (χ3n) is 4.08. The lowest BCUT2D eigenvalue weighted by molar-refractivity contribution is -0.139. The molecule has 1 aromatic heterocycles. The molecule has 1 heterocycles. The molecule has 0 aliphatic heterocycles. The number of amides is 1. The Kier molecular flexibility index (Phi) is 4.44. The van der Waals surface area contributed by atoms with Crippen molar-refractivity contribution in [1.82, 2.24) is 9.47 Å². The van der Waals surface area contributed by atoms with Gasteiger partial charge < -0.3 is 14.6 Å². The second-order valence-corrected chi connectivity index (χ2v) is 5.64. The van der Waals surface area contributed by atoms with Crippen LogP contribution in [0, 0.1) is 0 Å². The van der Waals surface area contributed by atoms with Crippen LogP contribution in [0.15, 0.2) is 66.9 Å². The van der Waals surface area contributed by atoms with Crippen molar-refractivity contribution in [3.63, 3.8) is 0 Å². The van der Waals surface area contributed by atoms with E-state index in [1.54, 1.807) is 24.1 Å². The van der Waals surface area contributed by atoms with Gasteiger partial charge in [-0.3, -0.25) is 4.79 Å². The van der Waals surface area contributed by atoms with Gasteiger partial charge in [0.2, 0.25) is 0 Å². The number of hydrogen-bond acceptors (Lipinski definition) is 2. The summed E-state index contributed by atoms with van der Waals surface area (Å²) in [5.74, 6) is -0.285. The minimum atomic E-state index is -1.11. The molecule has 1 N–H and O–H groups in total. The topological polar surface area (TPSA) is 45.5 Å². The summed E-state index contributed by atoms with van der Waals surface area (Å²) in [6.45, 7) is 1.23. The lowest BCUT2D eigenvalue weighted by Gasteiger charge is -2.21. The Morgan fingerprint density at radius 3 is 2.57 bits per heavy atom. The number of benzene rings is 2. The number of aliphatic hydroxyl groups excluding tert-OH is 1. The predicted octanol–water partition coefficient (Wildman–Crippen LogP) is 2.83. The van der Waals surface area contributed by atoms with Gasteiger partial charge in [0, 0.05) is 31.9 Å². The van der Waals surface area contributed by atoms with E-state index in [9.17, 15) is 9.90 Å². The lowest BCUT2D eigenvalue weighted by Crippen LogP contribution is -2.34. The van der Waals surface area contributed by atoms with E-state index in [0.717, 1.165) is 5.52 Å². The highest BCUT2D eigenvalue weighted by Crippen LogP contribution is 2.16. The minimum absolute atomic E-state index is 0.285. The Morgan fingerprint density at radius 1 is 1.09 bits per heavy atom. The van der Waals surface area contributed by atoms with Gasteiger partial charge >= 0.3 is 0 Å². The highest BCUT2D eigenvalue weighted by atomic mass is 16.3. The van der Waals surface area contributed by atoms with Gasteiger partial charge in [0.25, 0.3) is 5.91 Å². The monoisotopic (exact) mass is 308 g/mol. The fraction of sp³-hybridized carbons (Fsp3) is 0.211. The molecule has 0 fully saturated rings. The van der Waals surface area contributed by atoms with Crippen LogP contribution in [-0.4, -0.2) is 34.1 Å². The van der Waals surface area contributed by atoms with Crippen LogP contribution in [0.1, 0.15) is 11.7 Å². The maximum Gasteiger partial charge on any atom is 0.255 e. The summed E-state index contributed by atoms with van der Waals surface area (Å²) < 4.78 is 2.12. The van der Waals surface area contributed by atoms with Crippen molar-refractivity contribution in [2.24, 2.45) is 0 Å². The van der Waals surface area contributed by atoms with Crippen molar-refractivity contribution < 1.29 is 9.90 Å². The molecule has 0 unspecified atom stereocenters. The van der Waals surface area contributed by atoms with E-state index >= 15 is 0 Å². The van der Waals surface area contributed by atoms with Gasteiger partial charge in [-0.15, -0.1) is 0 Å². The molecular formula is C19H20N2O2. The Bertz CT molecular complexity index is 795. The zero-order valence-electron chi connectivity index (χ0n) is 13.1. The minimum Gasteiger partial charge on any atom is -0.378 e. The first-order chi connectivity index (χ1) is 11.2. The van der Waals surface area contributed by atoms with Gasteiger partial charge in [-0.25, -0.2) is 0 Å². The summed E-state index contributed by atoms with van der Waals surface area (Å²) in [7, 11) is 1.72. The number of hydrogen-bond donors (Lipinski definition) is 1. The number of carbonyl (C=O) groups excluding carboxylic acids is 1. The molecule has 0 saturated heterocycles. The maximum absolute atomic E-state index is 12.3. The SMILES string of the molecule is CN(CCn1ccc2ccccc21)C(=O)[C@@H](O)c1ccccc1. The molecule has 4 nitrogen and oxygen atoms in total. The van der Waals surface area contributed by atoms with E-state index in [2.05, 4.69) is 22.8 Å². The van der Waals surface area contributed by atoms with Crippen molar-refractivity contribution in [3.05, 3.63) is 72.4 Å². The molecule has 118 valence electrons. The fourth-order valence-corrected chi connectivity index (χ4v) is 2.69. The number of likely N-dealkylation sites (N-methyl/N-ethyl adjacent to an activating group) is 1. The zero-order valence-corrected chi connectivity index (χ0v) is 13.1. The smallest absolute Gasteiger partial charge is 0.255 e. The van der Waals surface area contributed by atoms with Crippen molar-refractivity contribution in [2.45, 2.75) is 12.6 Å². The van der Waals surface area contributed by atoms with E-state index < -0.39 is 6.10 Å². The van der Waals surface area contributed by atoms with Crippen LogP contribution in [0.3, 0.4) is 0 Å². The number of nitrogens with zero attached hydrogens (tertiary/aromatic N) is 2. The number of para-hydroxylation sites is 1. The van der Waals surface area contributed by atoms with E-state index in [1.807, 2.05) is 36.5 Å². The van der Waals surface area contributed by atoms with Gasteiger partial charge in [0.15, 0.2) is 6.10 Å². The molecule has 0 spiro atoms. The third kappa shape index (κ3) is 3.27. The average molecular weight is 308 g/mol. The van der Waals surface area contributed by atoms with Crippen molar-refractivity contribution in [1.29, 1.82) is 0 Å². The molecule has 0 aliphatic carbocycles. The molecule has 0 aliphatic rings. The Hall–Kier alpha value is -2.59. The summed E-state index contributed by atoms with van der Waals surface area (Å²) in [4.78, 5) is 13.9. The molecule has 4 heteroatoms. The van der Waals surface area contributed by atoms with Crippen molar-refractivity contribution >= 4 is 16.8 Å². The van der Waals surface area contributed by atoms with Crippen LogP contribution < -0.4 is 0 Å². The van der Waals surface area contributed by atoms with E-state index in [1.165, 1.54) is 5.39 Å². The summed E-state index contributed by atoms with van der Waals surface area (Å²) in [6, 6.07) is 19.2. The van der Waals surface area contributed by atoms with E-state index in [0.29, 0.717) is 18.7 Å². The average Bonchev–Trinajstić information content (AvgIpc) is 3.02. The molecule has 3 rings (SSSR count). The molecule has 0 saturated carbocycles. The molecule has 2 aromatic carbocycles. The van der Waals surface area contributed by atoms with Crippen LogP contribution in [0.4, 0.5) is 0 Å². The first kappa shape index (κ1) is 15.3. The van der Waals surface area contributed by atoms with E-state index in [-0.39, 0.29) is 5.91 Å². The Morgan fingerprint density at radius 2 is 1.78 bits per heavy atom. The van der Waals surface area contributed by atoms with Crippen LogP contribution >= 0.6 is 0 Å². The second-order valence-electron chi connectivity index (χ2n) is 5.64. The molecule has 1 atom stereocenters. The Labute approximate surface area is 135 Å². The van der Waals surface area contributed by atoms with Gasteiger partial charge in [0.05, 0.1) is 0 Å². The fourth-order valence-electron chi connectivity index (χ4n) is 2.69. The predicted molar refractivity (Wildman–Crippen MR) is 91.0 cm³/mol. The van der Waals surface area contributed by atoms with E-state index in [4.69, 9.17) is 0 Å². The number of aliphatic hydroxyl groups is 1. The summed E-state index contributed by atoms with van der Waals surface area (Å²) >= 11 is 0. The summed E-state index contributed by atoms with van der Waals surface area (Å²) in [6.07, 6.45) is 0.916. The van der Waals surface area contributed by atoms with Crippen LogP contribution in [0.5, 0.6) is 0 Å². The molecule has 23 heavy (non-hydrogen) atoms. The van der Waals surface area contributed by atoms with Crippen LogP contribution in [-0.2, 0) is 11.3 Å². The highest BCUT2D eigenvalue weighted by Gasteiger charge is 2.20. The zero-order chi connectivity index (χ0) is 16.2. The summed E-state index contributed by atoms with van der Waals surface area (Å²) in [5.41, 5.74) is 1.77. The normalized spacial score (nSPS) is 12.3. The molecule has 3 aromatic rings. The summed E-state index contributed by atoms with van der Waals surface area (Å²) in [5, 5.41) is 11.4. The quantitative estimate of drug-likeness (QED) is 0.788. The number of carbonyl (C=O) groups is 1. The first-order valence-corrected chi connectivity index (χ1v) is 7.68. The molecule has 1 amide bonds. The van der Waals surface area contributed by atoms with Crippen molar-refractivity contribution in [3.8, 4) is 0 Å². The second kappa shape index (κ2) is 6.67. The van der Waals surface area contributed by atoms with Crippen molar-refractivity contribution in [2.75, 3.05) is 13.6 Å². The lowest BCUT2D eigenvalue weighted by atomic mass is 10.1. The van der Waals surface area contributed by atoms with Crippen LogP contribution in [0.25, 0.3) is 10.9 Å².